The van der Waals surface area contributed by atoms with Crippen LogP contribution < -0.4 is 5.32 Å². The molecule has 1 amide bonds. The Balaban J connectivity index is 1.63. The summed E-state index contributed by atoms with van der Waals surface area (Å²) in [6.45, 7) is 5.97. The third-order valence-corrected chi connectivity index (χ3v) is 4.51. The minimum absolute atomic E-state index is 0.322. The number of carbonyl (C=O) groups is 2. The Morgan fingerprint density at radius 2 is 1.85 bits per heavy atom. The smallest absolute Gasteiger partial charge is 0.338 e. The topological polar surface area (TPSA) is 71.2 Å². The first-order valence-electron chi connectivity index (χ1n) is 8.57. The van der Waals surface area contributed by atoms with E-state index in [1.54, 1.807) is 19.1 Å². The lowest BCUT2D eigenvalue weighted by Crippen LogP contribution is -2.35. The number of aromatic nitrogens is 1. The number of aromatic amines is 1. The van der Waals surface area contributed by atoms with Crippen molar-refractivity contribution < 1.29 is 14.3 Å². The second-order valence-corrected chi connectivity index (χ2v) is 6.39. The molecule has 134 valence electrons. The van der Waals surface area contributed by atoms with E-state index in [0.717, 1.165) is 27.7 Å². The molecule has 2 N–H and O–H groups in total. The Bertz CT molecular complexity index is 945. The number of hydrogen-bond acceptors (Lipinski definition) is 3. The van der Waals surface area contributed by atoms with Crippen LogP contribution in [0.5, 0.6) is 0 Å². The molecule has 3 rings (SSSR count). The fourth-order valence-electron chi connectivity index (χ4n) is 2.80. The molecule has 0 radical (unpaired) electrons. The van der Waals surface area contributed by atoms with Crippen molar-refractivity contribution >= 4 is 22.8 Å². The second kappa shape index (κ2) is 7.44. The molecular formula is C21H22N2O3. The molecule has 3 aromatic rings. The number of carbonyl (C=O) groups excluding carboxylic acids is 2. The van der Waals surface area contributed by atoms with E-state index in [1.807, 2.05) is 50.2 Å². The predicted molar refractivity (Wildman–Crippen MR) is 101 cm³/mol. The molecule has 2 aromatic carbocycles. The number of H-pyrrole nitrogens is 1. The van der Waals surface area contributed by atoms with E-state index < -0.39 is 12.1 Å². The Hall–Kier alpha value is -3.08. The van der Waals surface area contributed by atoms with Gasteiger partial charge in [-0.05, 0) is 50.1 Å². The number of ether oxygens (including phenoxy) is 1. The molecule has 0 fully saturated rings. The summed E-state index contributed by atoms with van der Waals surface area (Å²) in [7, 11) is 0. The molecule has 0 aliphatic heterocycles. The molecule has 0 saturated heterocycles. The lowest BCUT2D eigenvalue weighted by atomic mass is 10.1. The van der Waals surface area contributed by atoms with Crippen LogP contribution in [-0.2, 0) is 16.1 Å². The van der Waals surface area contributed by atoms with Gasteiger partial charge in [0.25, 0.3) is 5.91 Å². The number of benzene rings is 2. The average Bonchev–Trinajstić information content (AvgIpc) is 2.94. The lowest BCUT2D eigenvalue weighted by Gasteiger charge is -2.13. The highest BCUT2D eigenvalue weighted by atomic mass is 16.5. The van der Waals surface area contributed by atoms with Crippen molar-refractivity contribution in [3.63, 3.8) is 0 Å². The molecule has 1 atom stereocenters. The van der Waals surface area contributed by atoms with E-state index in [4.69, 9.17) is 4.74 Å². The van der Waals surface area contributed by atoms with Gasteiger partial charge in [0.05, 0.1) is 5.56 Å². The maximum atomic E-state index is 12.4. The SMILES string of the molecule is Cc1[nH]c2ccc(C(=O)O[C@@H](C)C(=O)NCc3ccccc3)cc2c1C. The third kappa shape index (κ3) is 3.77. The highest BCUT2D eigenvalue weighted by molar-refractivity contribution is 5.97. The van der Waals surface area contributed by atoms with Crippen molar-refractivity contribution in [2.75, 3.05) is 0 Å². The number of aryl methyl sites for hydroxylation is 2. The highest BCUT2D eigenvalue weighted by Gasteiger charge is 2.19. The normalized spacial score (nSPS) is 12.0. The van der Waals surface area contributed by atoms with Gasteiger partial charge < -0.3 is 15.0 Å². The van der Waals surface area contributed by atoms with Crippen LogP contribution in [0, 0.1) is 13.8 Å². The molecule has 0 aliphatic rings. The van der Waals surface area contributed by atoms with Gasteiger partial charge in [-0.15, -0.1) is 0 Å². The van der Waals surface area contributed by atoms with Crippen molar-refractivity contribution in [1.82, 2.24) is 10.3 Å². The summed E-state index contributed by atoms with van der Waals surface area (Å²) in [5, 5.41) is 3.76. The summed E-state index contributed by atoms with van der Waals surface area (Å²) in [5.74, 6) is -0.829. The van der Waals surface area contributed by atoms with Crippen molar-refractivity contribution in [1.29, 1.82) is 0 Å². The van der Waals surface area contributed by atoms with E-state index in [-0.39, 0.29) is 5.91 Å². The van der Waals surface area contributed by atoms with E-state index in [0.29, 0.717) is 12.1 Å². The monoisotopic (exact) mass is 350 g/mol. The van der Waals surface area contributed by atoms with Crippen LogP contribution in [0.25, 0.3) is 10.9 Å². The van der Waals surface area contributed by atoms with Gasteiger partial charge in [0.15, 0.2) is 6.10 Å². The number of amides is 1. The lowest BCUT2D eigenvalue weighted by molar-refractivity contribution is -0.129. The second-order valence-electron chi connectivity index (χ2n) is 6.39. The van der Waals surface area contributed by atoms with E-state index in [1.165, 1.54) is 0 Å². The van der Waals surface area contributed by atoms with Gasteiger partial charge in [0, 0.05) is 23.1 Å². The van der Waals surface area contributed by atoms with E-state index >= 15 is 0 Å². The molecule has 26 heavy (non-hydrogen) atoms. The first-order chi connectivity index (χ1) is 12.5. The molecule has 0 aliphatic carbocycles. The summed E-state index contributed by atoms with van der Waals surface area (Å²) in [6, 6.07) is 14.9. The minimum atomic E-state index is -0.865. The number of rotatable bonds is 5. The number of fused-ring (bicyclic) bond motifs is 1. The predicted octanol–water partition coefficient (Wildman–Crippen LogP) is 3.65. The Labute approximate surface area is 152 Å². The number of hydrogen-bond donors (Lipinski definition) is 2. The molecule has 1 aromatic heterocycles. The molecule has 5 nitrogen and oxygen atoms in total. The van der Waals surface area contributed by atoms with Gasteiger partial charge in [-0.1, -0.05) is 30.3 Å². The Morgan fingerprint density at radius 3 is 2.58 bits per heavy atom. The molecule has 0 saturated carbocycles. The van der Waals surface area contributed by atoms with E-state index in [9.17, 15) is 9.59 Å². The van der Waals surface area contributed by atoms with Crippen molar-refractivity contribution in [2.24, 2.45) is 0 Å². The summed E-state index contributed by atoms with van der Waals surface area (Å²) in [6.07, 6.45) is -0.865. The molecule has 0 spiro atoms. The third-order valence-electron chi connectivity index (χ3n) is 4.51. The quantitative estimate of drug-likeness (QED) is 0.690. The van der Waals surface area contributed by atoms with Crippen LogP contribution in [0.4, 0.5) is 0 Å². The summed E-state index contributed by atoms with van der Waals surface area (Å²) < 4.78 is 5.32. The first-order valence-corrected chi connectivity index (χ1v) is 8.57. The zero-order chi connectivity index (χ0) is 18.7. The molecule has 1 heterocycles. The Kier molecular flexibility index (Phi) is 5.07. The van der Waals surface area contributed by atoms with Crippen LogP contribution in [-0.4, -0.2) is 23.0 Å². The Morgan fingerprint density at radius 1 is 1.12 bits per heavy atom. The van der Waals surface area contributed by atoms with Crippen LogP contribution in [0.3, 0.4) is 0 Å². The van der Waals surface area contributed by atoms with E-state index in [2.05, 4.69) is 10.3 Å². The van der Waals surface area contributed by atoms with Gasteiger partial charge in [-0.2, -0.15) is 0 Å². The van der Waals surface area contributed by atoms with Gasteiger partial charge in [-0.3, -0.25) is 4.79 Å². The number of esters is 1. The molecular weight excluding hydrogens is 328 g/mol. The van der Waals surface area contributed by atoms with Gasteiger partial charge in [-0.25, -0.2) is 4.79 Å². The zero-order valence-corrected chi connectivity index (χ0v) is 15.1. The minimum Gasteiger partial charge on any atom is -0.449 e. The van der Waals surface area contributed by atoms with Crippen LogP contribution in [0.15, 0.2) is 48.5 Å². The van der Waals surface area contributed by atoms with Crippen LogP contribution >= 0.6 is 0 Å². The van der Waals surface area contributed by atoms with Crippen LogP contribution in [0.2, 0.25) is 0 Å². The molecule has 0 unspecified atom stereocenters. The summed E-state index contributed by atoms with van der Waals surface area (Å²) >= 11 is 0. The highest BCUT2D eigenvalue weighted by Crippen LogP contribution is 2.22. The molecule has 0 bridgehead atoms. The maximum absolute atomic E-state index is 12.4. The molecule has 5 heteroatoms. The van der Waals surface area contributed by atoms with Crippen molar-refractivity contribution in [2.45, 2.75) is 33.4 Å². The fourth-order valence-corrected chi connectivity index (χ4v) is 2.80. The number of nitrogens with one attached hydrogen (secondary N) is 2. The standard InChI is InChI=1S/C21H22N2O3/c1-13-14(2)23-19-10-9-17(11-18(13)19)21(25)26-15(3)20(24)22-12-16-7-5-4-6-8-16/h4-11,15,23H,12H2,1-3H3,(H,22,24)/t15-/m0/s1. The summed E-state index contributed by atoms with van der Waals surface area (Å²) in [4.78, 5) is 27.8. The van der Waals surface area contributed by atoms with Gasteiger partial charge in [0.2, 0.25) is 0 Å². The van der Waals surface area contributed by atoms with Crippen molar-refractivity contribution in [3.8, 4) is 0 Å². The fraction of sp³-hybridized carbons (Fsp3) is 0.238. The average molecular weight is 350 g/mol. The van der Waals surface area contributed by atoms with Crippen LogP contribution in [0.1, 0.15) is 34.1 Å². The summed E-state index contributed by atoms with van der Waals surface area (Å²) in [5.41, 5.74) is 4.57. The van der Waals surface area contributed by atoms with Crippen molar-refractivity contribution in [3.05, 3.63) is 70.9 Å². The maximum Gasteiger partial charge on any atom is 0.338 e. The van der Waals surface area contributed by atoms with Gasteiger partial charge in [0.1, 0.15) is 0 Å². The first kappa shape index (κ1) is 17.7. The largest absolute Gasteiger partial charge is 0.449 e. The zero-order valence-electron chi connectivity index (χ0n) is 15.1. The van der Waals surface area contributed by atoms with Gasteiger partial charge >= 0.3 is 5.97 Å².